The quantitative estimate of drug-likeness (QED) is 0.620. The molecule has 1 atom stereocenters. The second-order valence-electron chi connectivity index (χ2n) is 2.70. The first-order valence-electron chi connectivity index (χ1n) is 3.79. The molecular formula is C9H15N3O. The number of amides is 1. The average Bonchev–Trinajstić information content (AvgIpc) is 2.06. The molecule has 0 saturated carbocycles. The van der Waals surface area contributed by atoms with Crippen molar-refractivity contribution < 1.29 is 4.79 Å². The zero-order chi connectivity index (χ0) is 8.97. The van der Waals surface area contributed by atoms with E-state index in [9.17, 15) is 4.79 Å². The maximum absolute atomic E-state index is 10.6. The van der Waals surface area contributed by atoms with Gasteiger partial charge in [0.15, 0.2) is 0 Å². The Labute approximate surface area is 77.5 Å². The van der Waals surface area contributed by atoms with Crippen molar-refractivity contribution in [2.24, 2.45) is 11.5 Å². The topological polar surface area (TPSA) is 104 Å². The third-order valence-electron chi connectivity index (χ3n) is 1.66. The van der Waals surface area contributed by atoms with E-state index in [4.69, 9.17) is 11.5 Å². The highest BCUT2D eigenvalue weighted by atomic mass is 16.1. The molecule has 0 fully saturated rings. The molecule has 0 aliphatic carbocycles. The Balaban J connectivity index is 0.00000144. The summed E-state index contributed by atoms with van der Waals surface area (Å²) in [5.74, 6) is -0.459. The molecule has 4 heteroatoms. The van der Waals surface area contributed by atoms with E-state index in [1.54, 1.807) is 0 Å². The minimum absolute atomic E-state index is 0. The number of hydrogen-bond donors (Lipinski definition) is 3. The van der Waals surface area contributed by atoms with Gasteiger partial charge in [0.2, 0.25) is 5.91 Å². The van der Waals surface area contributed by atoms with E-state index < -0.39 is 11.9 Å². The van der Waals surface area contributed by atoms with Crippen LogP contribution in [0.1, 0.15) is 5.56 Å². The molecule has 0 unspecified atom stereocenters. The molecular weight excluding hydrogens is 166 g/mol. The SMILES string of the molecule is N.NC(=O)[C@@H](N)Cc1ccccc1. The molecule has 1 rings (SSSR count). The fraction of sp³-hybridized carbons (Fsp3) is 0.222. The van der Waals surface area contributed by atoms with Crippen LogP contribution in [0.25, 0.3) is 0 Å². The van der Waals surface area contributed by atoms with Gasteiger partial charge in [-0.25, -0.2) is 0 Å². The molecule has 1 amide bonds. The third-order valence-corrected chi connectivity index (χ3v) is 1.66. The van der Waals surface area contributed by atoms with Gasteiger partial charge in [-0.05, 0) is 12.0 Å². The zero-order valence-electron chi connectivity index (χ0n) is 7.44. The van der Waals surface area contributed by atoms with Crippen LogP contribution in [0.2, 0.25) is 0 Å². The van der Waals surface area contributed by atoms with Gasteiger partial charge in [-0.3, -0.25) is 4.79 Å². The fourth-order valence-corrected chi connectivity index (χ4v) is 0.969. The van der Waals surface area contributed by atoms with Crippen molar-refractivity contribution in [3.05, 3.63) is 35.9 Å². The smallest absolute Gasteiger partial charge is 0.234 e. The van der Waals surface area contributed by atoms with Gasteiger partial charge in [0, 0.05) is 0 Å². The molecule has 1 aromatic carbocycles. The first-order valence-corrected chi connectivity index (χ1v) is 3.79. The van der Waals surface area contributed by atoms with Gasteiger partial charge in [-0.15, -0.1) is 0 Å². The summed E-state index contributed by atoms with van der Waals surface area (Å²) in [5.41, 5.74) is 11.5. The van der Waals surface area contributed by atoms with Crippen LogP contribution in [-0.2, 0) is 11.2 Å². The van der Waals surface area contributed by atoms with Crippen LogP contribution in [0.5, 0.6) is 0 Å². The molecule has 0 spiro atoms. The van der Waals surface area contributed by atoms with Gasteiger partial charge >= 0.3 is 0 Å². The third kappa shape index (κ3) is 3.68. The fourth-order valence-electron chi connectivity index (χ4n) is 0.969. The number of rotatable bonds is 3. The lowest BCUT2D eigenvalue weighted by molar-refractivity contribution is -0.119. The number of benzene rings is 1. The molecule has 0 saturated heterocycles. The number of hydrogen-bond acceptors (Lipinski definition) is 3. The Morgan fingerprint density at radius 2 is 1.85 bits per heavy atom. The molecule has 0 aromatic heterocycles. The largest absolute Gasteiger partial charge is 0.368 e. The van der Waals surface area contributed by atoms with E-state index in [2.05, 4.69) is 0 Å². The molecule has 72 valence electrons. The maximum Gasteiger partial charge on any atom is 0.234 e. The molecule has 4 nitrogen and oxygen atoms in total. The minimum Gasteiger partial charge on any atom is -0.368 e. The summed E-state index contributed by atoms with van der Waals surface area (Å²) in [6, 6.07) is 8.99. The summed E-state index contributed by atoms with van der Waals surface area (Å²) in [5, 5.41) is 0. The Morgan fingerprint density at radius 3 is 2.31 bits per heavy atom. The Hall–Kier alpha value is -1.39. The first kappa shape index (κ1) is 11.6. The van der Waals surface area contributed by atoms with Crippen molar-refractivity contribution in [1.29, 1.82) is 0 Å². The van der Waals surface area contributed by atoms with E-state index in [1.807, 2.05) is 30.3 Å². The monoisotopic (exact) mass is 181 g/mol. The summed E-state index contributed by atoms with van der Waals surface area (Å²) in [6.07, 6.45) is 0.510. The normalized spacial score (nSPS) is 11.5. The molecule has 1 aromatic rings. The van der Waals surface area contributed by atoms with Crippen LogP contribution in [0.4, 0.5) is 0 Å². The molecule has 0 aliphatic rings. The van der Waals surface area contributed by atoms with E-state index in [0.717, 1.165) is 5.56 Å². The molecule has 0 bridgehead atoms. The summed E-state index contributed by atoms with van der Waals surface area (Å²) >= 11 is 0. The van der Waals surface area contributed by atoms with Crippen LogP contribution in [0.3, 0.4) is 0 Å². The highest BCUT2D eigenvalue weighted by Gasteiger charge is 2.08. The minimum atomic E-state index is -0.576. The molecule has 7 N–H and O–H groups in total. The molecule has 0 radical (unpaired) electrons. The molecule has 0 heterocycles. The maximum atomic E-state index is 10.6. The lowest BCUT2D eigenvalue weighted by Crippen LogP contribution is -2.38. The zero-order valence-corrected chi connectivity index (χ0v) is 7.44. The Bertz CT molecular complexity index is 261. The number of carbonyl (C=O) groups is 1. The summed E-state index contributed by atoms with van der Waals surface area (Å²) in [6.45, 7) is 0. The van der Waals surface area contributed by atoms with E-state index in [-0.39, 0.29) is 6.15 Å². The predicted octanol–water partition coefficient (Wildman–Crippen LogP) is 0.204. The first-order chi connectivity index (χ1) is 5.70. The summed E-state index contributed by atoms with van der Waals surface area (Å²) < 4.78 is 0. The number of carbonyl (C=O) groups excluding carboxylic acids is 1. The van der Waals surface area contributed by atoms with Crippen LogP contribution in [0.15, 0.2) is 30.3 Å². The highest BCUT2D eigenvalue weighted by molar-refractivity contribution is 5.79. The van der Waals surface area contributed by atoms with Gasteiger partial charge in [-0.1, -0.05) is 30.3 Å². The van der Waals surface area contributed by atoms with Crippen LogP contribution in [0, 0.1) is 0 Å². The molecule has 13 heavy (non-hydrogen) atoms. The van der Waals surface area contributed by atoms with Crippen molar-refractivity contribution >= 4 is 5.91 Å². The van der Waals surface area contributed by atoms with E-state index in [1.165, 1.54) is 0 Å². The predicted molar refractivity (Wildman–Crippen MR) is 52.3 cm³/mol. The second-order valence-corrected chi connectivity index (χ2v) is 2.70. The van der Waals surface area contributed by atoms with Crippen LogP contribution in [-0.4, -0.2) is 11.9 Å². The number of primary amides is 1. The standard InChI is InChI=1S/C9H12N2O.H3N/c10-8(9(11)12)6-7-4-2-1-3-5-7;/h1-5,8H,6,10H2,(H2,11,12);1H3/t8-;/m0./s1. The summed E-state index contributed by atoms with van der Waals surface area (Å²) in [7, 11) is 0. The number of nitrogens with two attached hydrogens (primary N) is 2. The van der Waals surface area contributed by atoms with Gasteiger partial charge in [-0.2, -0.15) is 0 Å². The highest BCUT2D eigenvalue weighted by Crippen LogP contribution is 2.00. The van der Waals surface area contributed by atoms with Gasteiger partial charge in [0.1, 0.15) is 0 Å². The lowest BCUT2D eigenvalue weighted by atomic mass is 10.1. The van der Waals surface area contributed by atoms with Crippen molar-refractivity contribution in [2.75, 3.05) is 0 Å². The Morgan fingerprint density at radius 1 is 1.31 bits per heavy atom. The van der Waals surface area contributed by atoms with Crippen molar-refractivity contribution in [1.82, 2.24) is 6.15 Å². The van der Waals surface area contributed by atoms with E-state index in [0.29, 0.717) is 6.42 Å². The second kappa shape index (κ2) is 5.29. The van der Waals surface area contributed by atoms with Crippen LogP contribution >= 0.6 is 0 Å². The van der Waals surface area contributed by atoms with Gasteiger partial charge in [0.05, 0.1) is 6.04 Å². The van der Waals surface area contributed by atoms with Gasteiger partial charge in [0.25, 0.3) is 0 Å². The van der Waals surface area contributed by atoms with Crippen molar-refractivity contribution in [2.45, 2.75) is 12.5 Å². The van der Waals surface area contributed by atoms with E-state index >= 15 is 0 Å². The van der Waals surface area contributed by atoms with Gasteiger partial charge < -0.3 is 17.6 Å². The molecule has 0 aliphatic heterocycles. The van der Waals surface area contributed by atoms with Crippen molar-refractivity contribution in [3.8, 4) is 0 Å². The van der Waals surface area contributed by atoms with Crippen molar-refractivity contribution in [3.63, 3.8) is 0 Å². The van der Waals surface area contributed by atoms with Crippen LogP contribution < -0.4 is 17.6 Å². The average molecular weight is 181 g/mol. The summed E-state index contributed by atoms with van der Waals surface area (Å²) in [4.78, 5) is 10.6. The Kier molecular flexibility index (Phi) is 4.72. The lowest BCUT2D eigenvalue weighted by Gasteiger charge is -2.06.